The summed E-state index contributed by atoms with van der Waals surface area (Å²) in [6, 6.07) is 11.7. The monoisotopic (exact) mass is 284 g/mol. The number of aromatic nitrogens is 1. The van der Waals surface area contributed by atoms with Crippen molar-refractivity contribution in [1.29, 1.82) is 0 Å². The zero-order valence-electron chi connectivity index (χ0n) is 12.3. The first-order valence-corrected chi connectivity index (χ1v) is 6.84. The Balaban J connectivity index is 2.12. The minimum absolute atomic E-state index is 0.114. The molecule has 0 unspecified atom stereocenters. The Kier molecular flexibility index (Phi) is 4.90. The van der Waals surface area contributed by atoms with Crippen LogP contribution in [0.4, 0.5) is 11.4 Å². The van der Waals surface area contributed by atoms with E-state index in [1.807, 2.05) is 30.3 Å². The van der Waals surface area contributed by atoms with Gasteiger partial charge in [0.05, 0.1) is 0 Å². The molecule has 3 N–H and O–H groups in total. The quantitative estimate of drug-likeness (QED) is 0.881. The average Bonchev–Trinajstić information content (AvgIpc) is 2.49. The average molecular weight is 284 g/mol. The van der Waals surface area contributed by atoms with Crippen LogP contribution in [-0.4, -0.2) is 36.4 Å². The van der Waals surface area contributed by atoms with E-state index in [1.54, 1.807) is 26.4 Å². The smallest absolute Gasteiger partial charge is 0.272 e. The third-order valence-corrected chi connectivity index (χ3v) is 3.06. The van der Waals surface area contributed by atoms with Crippen LogP contribution >= 0.6 is 0 Å². The van der Waals surface area contributed by atoms with E-state index in [9.17, 15) is 4.79 Å². The molecule has 21 heavy (non-hydrogen) atoms. The molecule has 2 aromatic rings. The van der Waals surface area contributed by atoms with Gasteiger partial charge in [-0.25, -0.2) is 0 Å². The number of nitrogens with one attached hydrogen (secondary N) is 1. The van der Waals surface area contributed by atoms with Crippen molar-refractivity contribution in [2.75, 3.05) is 26.0 Å². The lowest BCUT2D eigenvalue weighted by Crippen LogP contribution is -2.22. The third-order valence-electron chi connectivity index (χ3n) is 3.06. The normalized spacial score (nSPS) is 10.2. The zero-order chi connectivity index (χ0) is 15.2. The maximum absolute atomic E-state index is 11.9. The van der Waals surface area contributed by atoms with Crippen molar-refractivity contribution in [3.63, 3.8) is 0 Å². The molecule has 1 amide bonds. The predicted molar refractivity (Wildman–Crippen MR) is 84.7 cm³/mol. The van der Waals surface area contributed by atoms with Crippen LogP contribution in [0.1, 0.15) is 16.1 Å². The molecule has 1 heterocycles. The Hall–Kier alpha value is -2.40. The topological polar surface area (TPSA) is 71.2 Å². The molecular formula is C16H20N4O. The van der Waals surface area contributed by atoms with Gasteiger partial charge in [0.1, 0.15) is 5.69 Å². The van der Waals surface area contributed by atoms with E-state index < -0.39 is 0 Å². The third kappa shape index (κ3) is 4.03. The van der Waals surface area contributed by atoms with E-state index in [2.05, 4.69) is 10.3 Å². The predicted octanol–water partition coefficient (Wildman–Crippen LogP) is 2.03. The molecule has 0 saturated heterocycles. The van der Waals surface area contributed by atoms with Crippen LogP contribution in [0.5, 0.6) is 0 Å². The Morgan fingerprint density at radius 2 is 1.90 bits per heavy atom. The molecule has 0 aliphatic carbocycles. The lowest BCUT2D eigenvalue weighted by molar-refractivity contribution is 0.0822. The highest BCUT2D eigenvalue weighted by Gasteiger charge is 2.09. The van der Waals surface area contributed by atoms with Gasteiger partial charge in [0.25, 0.3) is 5.91 Å². The van der Waals surface area contributed by atoms with Gasteiger partial charge in [-0.1, -0.05) is 12.1 Å². The van der Waals surface area contributed by atoms with Crippen LogP contribution in [0.15, 0.2) is 42.6 Å². The van der Waals surface area contributed by atoms with Gasteiger partial charge >= 0.3 is 0 Å². The van der Waals surface area contributed by atoms with Gasteiger partial charge in [0.15, 0.2) is 0 Å². The fourth-order valence-electron chi connectivity index (χ4n) is 1.94. The van der Waals surface area contributed by atoms with Crippen LogP contribution in [0, 0.1) is 0 Å². The summed E-state index contributed by atoms with van der Waals surface area (Å²) in [5.41, 5.74) is 8.96. The fourth-order valence-corrected chi connectivity index (χ4v) is 1.94. The molecule has 0 aliphatic heterocycles. The first-order valence-electron chi connectivity index (χ1n) is 6.84. The van der Waals surface area contributed by atoms with Crippen molar-refractivity contribution in [3.05, 3.63) is 53.9 Å². The highest BCUT2D eigenvalue weighted by atomic mass is 16.2. The van der Waals surface area contributed by atoms with Crippen molar-refractivity contribution in [2.24, 2.45) is 5.73 Å². The molecule has 0 atom stereocenters. The van der Waals surface area contributed by atoms with Gasteiger partial charge in [0.2, 0.25) is 0 Å². The van der Waals surface area contributed by atoms with E-state index in [4.69, 9.17) is 5.73 Å². The van der Waals surface area contributed by atoms with Crippen LogP contribution in [0.2, 0.25) is 0 Å². The highest BCUT2D eigenvalue weighted by molar-refractivity contribution is 5.92. The second-order valence-electron chi connectivity index (χ2n) is 4.99. The maximum atomic E-state index is 11.9. The molecule has 0 fully saturated rings. The van der Waals surface area contributed by atoms with Gasteiger partial charge in [-0.15, -0.1) is 0 Å². The largest absolute Gasteiger partial charge is 0.355 e. The van der Waals surface area contributed by atoms with Crippen molar-refractivity contribution in [1.82, 2.24) is 9.88 Å². The highest BCUT2D eigenvalue weighted by Crippen LogP contribution is 2.18. The summed E-state index contributed by atoms with van der Waals surface area (Å²) in [4.78, 5) is 17.5. The van der Waals surface area contributed by atoms with Crippen LogP contribution < -0.4 is 11.1 Å². The molecule has 0 aliphatic rings. The maximum Gasteiger partial charge on any atom is 0.272 e. The number of hydrogen-bond acceptors (Lipinski definition) is 4. The SMILES string of the molecule is CN(C)C(=O)c1cc(Nc2ccc(CCN)cc2)ccn1. The Morgan fingerprint density at radius 3 is 2.52 bits per heavy atom. The van der Waals surface area contributed by atoms with E-state index in [1.165, 1.54) is 10.5 Å². The summed E-state index contributed by atoms with van der Waals surface area (Å²) >= 11 is 0. The molecule has 5 nitrogen and oxygen atoms in total. The van der Waals surface area contributed by atoms with Gasteiger partial charge in [-0.3, -0.25) is 9.78 Å². The Morgan fingerprint density at radius 1 is 1.19 bits per heavy atom. The molecule has 0 spiro atoms. The second kappa shape index (κ2) is 6.85. The van der Waals surface area contributed by atoms with Crippen molar-refractivity contribution >= 4 is 17.3 Å². The van der Waals surface area contributed by atoms with Gasteiger partial charge in [-0.05, 0) is 42.8 Å². The van der Waals surface area contributed by atoms with E-state index in [0.717, 1.165) is 17.8 Å². The van der Waals surface area contributed by atoms with Crippen LogP contribution in [0.25, 0.3) is 0 Å². The lowest BCUT2D eigenvalue weighted by atomic mass is 10.1. The number of anilines is 2. The molecule has 2 rings (SSSR count). The zero-order valence-corrected chi connectivity index (χ0v) is 12.3. The minimum atomic E-state index is -0.114. The standard InChI is InChI=1S/C16H20N4O/c1-20(2)16(21)15-11-14(8-10-18-15)19-13-5-3-12(4-6-13)7-9-17/h3-6,8,10-11H,7,9,17H2,1-2H3,(H,18,19). The van der Waals surface area contributed by atoms with E-state index >= 15 is 0 Å². The summed E-state index contributed by atoms with van der Waals surface area (Å²) in [5, 5.41) is 3.27. The minimum Gasteiger partial charge on any atom is -0.355 e. The molecule has 0 radical (unpaired) electrons. The molecule has 110 valence electrons. The molecule has 1 aromatic carbocycles. The molecular weight excluding hydrogens is 264 g/mol. The number of rotatable bonds is 5. The molecule has 0 bridgehead atoms. The summed E-state index contributed by atoms with van der Waals surface area (Å²) in [6.07, 6.45) is 2.50. The number of nitrogens with zero attached hydrogens (tertiary/aromatic N) is 2. The number of pyridine rings is 1. The van der Waals surface area contributed by atoms with Crippen LogP contribution in [-0.2, 0) is 6.42 Å². The number of hydrogen-bond donors (Lipinski definition) is 2. The number of nitrogens with two attached hydrogens (primary N) is 1. The van der Waals surface area contributed by atoms with Crippen LogP contribution in [0.3, 0.4) is 0 Å². The van der Waals surface area contributed by atoms with Crippen molar-refractivity contribution < 1.29 is 4.79 Å². The van der Waals surface area contributed by atoms with Crippen molar-refractivity contribution in [3.8, 4) is 0 Å². The number of amides is 1. The number of benzene rings is 1. The first-order chi connectivity index (χ1) is 10.1. The van der Waals surface area contributed by atoms with Gasteiger partial charge < -0.3 is 16.0 Å². The van der Waals surface area contributed by atoms with Gasteiger partial charge in [-0.2, -0.15) is 0 Å². The Labute approximate surface area is 124 Å². The second-order valence-corrected chi connectivity index (χ2v) is 4.99. The number of carbonyl (C=O) groups excluding carboxylic acids is 1. The molecule has 5 heteroatoms. The first kappa shape index (κ1) is 15.0. The van der Waals surface area contributed by atoms with Crippen molar-refractivity contribution in [2.45, 2.75) is 6.42 Å². The Bertz CT molecular complexity index is 608. The fraction of sp³-hybridized carbons (Fsp3) is 0.250. The summed E-state index contributed by atoms with van der Waals surface area (Å²) in [7, 11) is 3.42. The summed E-state index contributed by atoms with van der Waals surface area (Å²) in [6.45, 7) is 0.646. The van der Waals surface area contributed by atoms with Gasteiger partial charge in [0, 0.05) is 31.7 Å². The molecule has 1 aromatic heterocycles. The van der Waals surface area contributed by atoms with E-state index in [-0.39, 0.29) is 5.91 Å². The summed E-state index contributed by atoms with van der Waals surface area (Å²) in [5.74, 6) is -0.114. The van der Waals surface area contributed by atoms with E-state index in [0.29, 0.717) is 12.2 Å². The number of carbonyl (C=O) groups is 1. The molecule has 0 saturated carbocycles. The lowest BCUT2D eigenvalue weighted by Gasteiger charge is -2.11. The summed E-state index contributed by atoms with van der Waals surface area (Å²) < 4.78 is 0.